The zero-order valence-corrected chi connectivity index (χ0v) is 17.4. The molecule has 0 unspecified atom stereocenters. The van der Waals surface area contributed by atoms with E-state index in [2.05, 4.69) is 34.6 Å². The quantitative estimate of drug-likeness (QED) is 0.486. The van der Waals surface area contributed by atoms with E-state index >= 15 is 0 Å². The first-order valence-electron chi connectivity index (χ1n) is 9.82. The molecule has 2 aromatic heterocycles. The Kier molecular flexibility index (Phi) is 5.82. The summed E-state index contributed by atoms with van der Waals surface area (Å²) in [5.41, 5.74) is 3.42. The van der Waals surface area contributed by atoms with Gasteiger partial charge in [-0.3, -0.25) is 9.20 Å². The van der Waals surface area contributed by atoms with Crippen molar-refractivity contribution in [3.63, 3.8) is 0 Å². The van der Waals surface area contributed by atoms with Crippen LogP contribution < -0.4 is 5.32 Å². The molecule has 28 heavy (non-hydrogen) atoms. The van der Waals surface area contributed by atoms with Crippen molar-refractivity contribution in [1.82, 2.24) is 19.6 Å². The molecule has 0 radical (unpaired) electrons. The molecular weight excluding hydrogens is 354 g/mol. The summed E-state index contributed by atoms with van der Waals surface area (Å²) >= 11 is 0. The van der Waals surface area contributed by atoms with Crippen molar-refractivity contribution in [2.45, 2.75) is 65.9 Å². The van der Waals surface area contributed by atoms with E-state index < -0.39 is 5.60 Å². The molecule has 0 spiro atoms. The third kappa shape index (κ3) is 4.77. The van der Waals surface area contributed by atoms with Gasteiger partial charge in [-0.2, -0.15) is 0 Å². The number of hydrogen-bond donors (Lipinski definition) is 1. The summed E-state index contributed by atoms with van der Waals surface area (Å²) in [4.78, 5) is 16.5. The third-order valence-electron chi connectivity index (χ3n) is 4.41. The Morgan fingerprint density at radius 2 is 1.93 bits per heavy atom. The van der Waals surface area contributed by atoms with Gasteiger partial charge >= 0.3 is 5.97 Å². The number of nitrogens with one attached hydrogen (secondary N) is 1. The number of esters is 1. The highest BCUT2D eigenvalue weighted by Crippen LogP contribution is 2.22. The highest BCUT2D eigenvalue weighted by Gasteiger charge is 2.16. The lowest BCUT2D eigenvalue weighted by Gasteiger charge is -2.19. The first kappa shape index (κ1) is 20.0. The van der Waals surface area contributed by atoms with Gasteiger partial charge in [0.15, 0.2) is 5.82 Å². The van der Waals surface area contributed by atoms with Crippen LogP contribution in [-0.2, 0) is 9.53 Å². The number of unbranched alkanes of at least 4 members (excludes halogenated alkanes) is 2. The Morgan fingerprint density at radius 3 is 2.68 bits per heavy atom. The molecule has 3 aromatic rings. The Morgan fingerprint density at radius 1 is 1.14 bits per heavy atom. The first-order valence-corrected chi connectivity index (χ1v) is 9.82. The van der Waals surface area contributed by atoms with Gasteiger partial charge in [-0.1, -0.05) is 12.5 Å². The molecule has 1 aromatic carbocycles. The second-order valence-electron chi connectivity index (χ2n) is 8.18. The van der Waals surface area contributed by atoms with E-state index in [-0.39, 0.29) is 5.97 Å². The SMILES string of the molecule is Cc1ccc2nc(NCCCCCC(=O)OC(C)(C)C)c3nnc(C)n3c2c1. The third-order valence-corrected chi connectivity index (χ3v) is 4.41. The number of ether oxygens (including phenoxy) is 1. The maximum absolute atomic E-state index is 11.7. The minimum Gasteiger partial charge on any atom is -0.460 e. The van der Waals surface area contributed by atoms with Crippen LogP contribution in [0.1, 0.15) is 57.8 Å². The molecule has 0 saturated carbocycles. The number of carbonyl (C=O) groups excluding carboxylic acids is 1. The summed E-state index contributed by atoms with van der Waals surface area (Å²) in [6.45, 7) is 10.4. The van der Waals surface area contributed by atoms with E-state index in [0.717, 1.165) is 54.1 Å². The van der Waals surface area contributed by atoms with E-state index in [0.29, 0.717) is 6.42 Å². The summed E-state index contributed by atoms with van der Waals surface area (Å²) in [5, 5.41) is 11.9. The highest BCUT2D eigenvalue weighted by molar-refractivity contribution is 5.83. The lowest BCUT2D eigenvalue weighted by Crippen LogP contribution is -2.23. The smallest absolute Gasteiger partial charge is 0.306 e. The van der Waals surface area contributed by atoms with Crippen LogP contribution >= 0.6 is 0 Å². The predicted octanol–water partition coefficient (Wildman–Crippen LogP) is 4.21. The van der Waals surface area contributed by atoms with Crippen molar-refractivity contribution in [2.24, 2.45) is 0 Å². The van der Waals surface area contributed by atoms with E-state index in [1.165, 1.54) is 5.56 Å². The molecule has 150 valence electrons. The van der Waals surface area contributed by atoms with Crippen LogP contribution in [0.5, 0.6) is 0 Å². The summed E-state index contributed by atoms with van der Waals surface area (Å²) in [6.07, 6.45) is 3.16. The number of aryl methyl sites for hydroxylation is 2. The lowest BCUT2D eigenvalue weighted by molar-refractivity contribution is -0.154. The summed E-state index contributed by atoms with van der Waals surface area (Å²) < 4.78 is 7.37. The molecule has 0 bridgehead atoms. The molecule has 0 fully saturated rings. The Balaban J connectivity index is 1.59. The van der Waals surface area contributed by atoms with Crippen LogP contribution in [0.2, 0.25) is 0 Å². The number of carbonyl (C=O) groups is 1. The van der Waals surface area contributed by atoms with Gasteiger partial charge in [0.25, 0.3) is 0 Å². The van der Waals surface area contributed by atoms with Gasteiger partial charge in [0.1, 0.15) is 11.4 Å². The van der Waals surface area contributed by atoms with Crippen LogP contribution in [0.25, 0.3) is 16.7 Å². The Hall–Kier alpha value is -2.70. The van der Waals surface area contributed by atoms with Crippen LogP contribution in [0.3, 0.4) is 0 Å². The normalized spacial score (nSPS) is 11.9. The van der Waals surface area contributed by atoms with Crippen LogP contribution in [0.4, 0.5) is 5.82 Å². The molecule has 2 heterocycles. The van der Waals surface area contributed by atoms with Crippen LogP contribution in [0.15, 0.2) is 18.2 Å². The van der Waals surface area contributed by atoms with Crippen molar-refractivity contribution in [3.8, 4) is 0 Å². The van der Waals surface area contributed by atoms with E-state index in [1.54, 1.807) is 0 Å². The summed E-state index contributed by atoms with van der Waals surface area (Å²) in [6, 6.07) is 6.18. The predicted molar refractivity (Wildman–Crippen MR) is 111 cm³/mol. The van der Waals surface area contributed by atoms with Gasteiger partial charge in [0.2, 0.25) is 5.65 Å². The summed E-state index contributed by atoms with van der Waals surface area (Å²) in [5.74, 6) is 1.45. The number of anilines is 1. The Labute approximate surface area is 165 Å². The second-order valence-corrected chi connectivity index (χ2v) is 8.18. The lowest BCUT2D eigenvalue weighted by atomic mass is 10.1. The van der Waals surface area contributed by atoms with Gasteiger partial charge < -0.3 is 10.1 Å². The van der Waals surface area contributed by atoms with Crippen molar-refractivity contribution in [2.75, 3.05) is 11.9 Å². The van der Waals surface area contributed by atoms with Crippen molar-refractivity contribution in [3.05, 3.63) is 29.6 Å². The van der Waals surface area contributed by atoms with E-state index in [4.69, 9.17) is 9.72 Å². The van der Waals surface area contributed by atoms with Crippen molar-refractivity contribution in [1.29, 1.82) is 0 Å². The molecule has 7 heteroatoms. The monoisotopic (exact) mass is 383 g/mol. The van der Waals surface area contributed by atoms with E-state index in [1.807, 2.05) is 38.2 Å². The second kappa shape index (κ2) is 8.12. The van der Waals surface area contributed by atoms with Crippen molar-refractivity contribution < 1.29 is 9.53 Å². The van der Waals surface area contributed by atoms with Gasteiger partial charge in [-0.15, -0.1) is 10.2 Å². The number of rotatable bonds is 7. The summed E-state index contributed by atoms with van der Waals surface area (Å²) in [7, 11) is 0. The molecular formula is C21H29N5O2. The zero-order chi connectivity index (χ0) is 20.3. The van der Waals surface area contributed by atoms with Gasteiger partial charge in [-0.25, -0.2) is 4.98 Å². The van der Waals surface area contributed by atoms with Crippen LogP contribution in [-0.4, -0.2) is 37.7 Å². The molecule has 0 amide bonds. The number of fused-ring (bicyclic) bond motifs is 3. The molecule has 7 nitrogen and oxygen atoms in total. The van der Waals surface area contributed by atoms with Crippen LogP contribution in [0, 0.1) is 13.8 Å². The standard InChI is InChI=1S/C21H29N5O2/c1-14-10-11-16-17(13-14)26-15(2)24-25-20(26)19(23-16)22-12-8-6-7-9-18(27)28-21(3,4)5/h10-11,13H,6-9,12H2,1-5H3,(H,22,23). The Bertz CT molecular complexity index is 988. The number of hydrogen-bond acceptors (Lipinski definition) is 6. The largest absolute Gasteiger partial charge is 0.460 e. The highest BCUT2D eigenvalue weighted by atomic mass is 16.6. The topological polar surface area (TPSA) is 81.4 Å². The van der Waals surface area contributed by atoms with E-state index in [9.17, 15) is 4.79 Å². The average Bonchev–Trinajstić information content (AvgIpc) is 2.99. The molecule has 0 atom stereocenters. The fourth-order valence-electron chi connectivity index (χ4n) is 3.17. The minimum atomic E-state index is -0.416. The molecule has 0 saturated heterocycles. The van der Waals surface area contributed by atoms with Crippen molar-refractivity contribution >= 4 is 28.5 Å². The van der Waals surface area contributed by atoms with Gasteiger partial charge in [0.05, 0.1) is 11.0 Å². The zero-order valence-electron chi connectivity index (χ0n) is 17.4. The maximum Gasteiger partial charge on any atom is 0.306 e. The molecule has 3 rings (SSSR count). The first-order chi connectivity index (χ1) is 13.2. The average molecular weight is 383 g/mol. The molecule has 0 aliphatic carbocycles. The fraction of sp³-hybridized carbons (Fsp3) is 0.524. The number of benzene rings is 1. The van der Waals surface area contributed by atoms with Gasteiger partial charge in [-0.05, 0) is 65.2 Å². The fourth-order valence-corrected chi connectivity index (χ4v) is 3.17. The van der Waals surface area contributed by atoms with Gasteiger partial charge in [0, 0.05) is 13.0 Å². The minimum absolute atomic E-state index is 0.132. The molecule has 0 aliphatic rings. The molecule has 1 N–H and O–H groups in total. The maximum atomic E-state index is 11.7. The number of nitrogens with zero attached hydrogens (tertiary/aromatic N) is 4. The molecule has 0 aliphatic heterocycles. The number of aromatic nitrogens is 4.